The highest BCUT2D eigenvalue weighted by molar-refractivity contribution is 8.34. The summed E-state index contributed by atoms with van der Waals surface area (Å²) in [5.41, 5.74) is 4.30. The van der Waals surface area contributed by atoms with Gasteiger partial charge in [0.05, 0.1) is 5.02 Å². The number of nitrogens with zero attached hydrogens (tertiary/aromatic N) is 2. The molecule has 2 aliphatic carbocycles. The van der Waals surface area contributed by atoms with Crippen LogP contribution in [0.3, 0.4) is 0 Å². The maximum absolute atomic E-state index is 6.62. The number of rotatable bonds is 10. The highest BCUT2D eigenvalue weighted by Crippen LogP contribution is 2.72. The van der Waals surface area contributed by atoms with Crippen LogP contribution in [0.2, 0.25) is 5.02 Å². The summed E-state index contributed by atoms with van der Waals surface area (Å²) >= 11 is 6.62. The van der Waals surface area contributed by atoms with E-state index in [4.69, 9.17) is 16.1 Å². The summed E-state index contributed by atoms with van der Waals surface area (Å²) in [5, 5.41) is 5.16. The molecule has 2 saturated carbocycles. The van der Waals surface area contributed by atoms with E-state index < -0.39 is 10.0 Å². The number of benzene rings is 2. The van der Waals surface area contributed by atoms with Crippen molar-refractivity contribution in [3.63, 3.8) is 0 Å². The van der Waals surface area contributed by atoms with Gasteiger partial charge in [-0.05, 0) is 100 Å². The number of allylic oxidation sites excluding steroid dienone is 1. The molecule has 2 fully saturated rings. The van der Waals surface area contributed by atoms with Gasteiger partial charge in [-0.2, -0.15) is 10.0 Å². The van der Waals surface area contributed by atoms with Gasteiger partial charge in [-0.15, -0.1) is 0 Å². The second-order valence-electron chi connectivity index (χ2n) is 13.7. The van der Waals surface area contributed by atoms with Crippen molar-refractivity contribution in [2.45, 2.75) is 93.6 Å². The van der Waals surface area contributed by atoms with Crippen LogP contribution in [0.25, 0.3) is 17.3 Å². The zero-order chi connectivity index (χ0) is 30.2. The molecule has 0 unspecified atom stereocenters. The minimum atomic E-state index is -1.26. The van der Waals surface area contributed by atoms with Crippen molar-refractivity contribution in [1.29, 1.82) is 0 Å². The van der Waals surface area contributed by atoms with Crippen molar-refractivity contribution >= 4 is 27.7 Å². The van der Waals surface area contributed by atoms with Gasteiger partial charge in [0, 0.05) is 29.4 Å². The monoisotopic (exact) mass is 612 g/mol. The first-order valence-electron chi connectivity index (χ1n) is 15.9. The van der Waals surface area contributed by atoms with Gasteiger partial charge in [-0.3, -0.25) is 4.98 Å². The topological polar surface area (TPSA) is 38.9 Å². The van der Waals surface area contributed by atoms with E-state index in [0.717, 1.165) is 28.1 Å². The quantitative estimate of drug-likeness (QED) is 0.179. The van der Waals surface area contributed by atoms with Crippen LogP contribution < -0.4 is 0 Å². The van der Waals surface area contributed by atoms with Crippen molar-refractivity contribution < 1.29 is 4.52 Å². The van der Waals surface area contributed by atoms with E-state index in [2.05, 4.69) is 111 Å². The van der Waals surface area contributed by atoms with Gasteiger partial charge in [-0.25, -0.2) is 0 Å². The van der Waals surface area contributed by atoms with E-state index in [9.17, 15) is 0 Å². The van der Waals surface area contributed by atoms with Gasteiger partial charge >= 0.3 is 0 Å². The Kier molecular flexibility index (Phi) is 8.39. The Morgan fingerprint density at radius 2 is 1.60 bits per heavy atom. The molecule has 0 bridgehead atoms. The smallest absolute Gasteiger partial charge is 0.147 e. The maximum atomic E-state index is 6.62. The Bertz CT molecular complexity index is 1520. The Morgan fingerprint density at radius 1 is 0.977 bits per heavy atom. The maximum Gasteiger partial charge on any atom is 0.147 e. The van der Waals surface area contributed by atoms with Crippen LogP contribution in [0.4, 0.5) is 0 Å². The van der Waals surface area contributed by atoms with Crippen LogP contribution >= 0.6 is 21.6 Å². The predicted octanol–water partition coefficient (Wildman–Crippen LogP) is 11.5. The third kappa shape index (κ3) is 5.73. The molecule has 2 aromatic carbocycles. The van der Waals surface area contributed by atoms with Gasteiger partial charge < -0.3 is 4.52 Å². The molecule has 2 heterocycles. The molecule has 0 spiro atoms. The van der Waals surface area contributed by atoms with Gasteiger partial charge in [-0.1, -0.05) is 99.4 Å². The molecule has 2 aromatic heterocycles. The molecule has 2 aliphatic rings. The second-order valence-corrected chi connectivity index (χ2v) is 18.2. The number of pyridine rings is 1. The number of halogens is 1. The molecular formula is C38H45ClN2OS. The number of hydrogen-bond acceptors (Lipinski definition) is 3. The molecule has 4 aromatic rings. The van der Waals surface area contributed by atoms with Crippen molar-refractivity contribution in [3.05, 3.63) is 101 Å². The molecule has 0 amide bonds. The minimum absolute atomic E-state index is 0.143. The fourth-order valence-electron chi connectivity index (χ4n) is 7.27. The molecule has 5 heteroatoms. The number of hydrogen-bond donors (Lipinski definition) is 0. The lowest BCUT2D eigenvalue weighted by Crippen LogP contribution is -2.38. The zero-order valence-electron chi connectivity index (χ0n) is 26.3. The lowest BCUT2D eigenvalue weighted by atomic mass is 9.59. The van der Waals surface area contributed by atoms with Gasteiger partial charge in [0.2, 0.25) is 0 Å². The summed E-state index contributed by atoms with van der Waals surface area (Å²) in [6.07, 6.45) is 15.6. The van der Waals surface area contributed by atoms with Crippen LogP contribution in [0.5, 0.6) is 0 Å². The fourth-order valence-corrected chi connectivity index (χ4v) is 12.3. The van der Waals surface area contributed by atoms with E-state index in [1.807, 2.05) is 13.1 Å². The Hall–Kier alpha value is -2.82. The number of aryl methyl sites for hydroxylation is 1. The third-order valence-electron chi connectivity index (χ3n) is 9.98. The standard InChI is InChI=1S/C38H45ClN2OS/c1-6-38(21-22-43(37(3,4)5,30-13-9-7-10-14-30)31-15-11-8-12-16-31)23-28(24-38)17-20-32-35(41-42-36(32)29-18-19-29)34-27(2)25-40-26-33(34)39/h7-17,20,25-26,28-29H,6,18-19,21-24H2,1-5H3/b20-17+. The third-order valence-corrected chi connectivity index (χ3v) is 15.3. The minimum Gasteiger partial charge on any atom is -0.360 e. The molecule has 226 valence electrons. The first-order valence-corrected chi connectivity index (χ1v) is 18.0. The van der Waals surface area contributed by atoms with Gasteiger partial charge in [0.15, 0.2) is 0 Å². The van der Waals surface area contributed by atoms with Crippen molar-refractivity contribution in [1.82, 2.24) is 10.1 Å². The van der Waals surface area contributed by atoms with Crippen molar-refractivity contribution in [3.8, 4) is 11.3 Å². The van der Waals surface area contributed by atoms with Crippen molar-refractivity contribution in [2.75, 3.05) is 5.75 Å². The lowest BCUT2D eigenvalue weighted by Gasteiger charge is -2.55. The highest BCUT2D eigenvalue weighted by atomic mass is 35.5. The molecule has 0 saturated heterocycles. The Morgan fingerprint density at radius 3 is 2.14 bits per heavy atom. The van der Waals surface area contributed by atoms with E-state index in [1.54, 1.807) is 6.20 Å². The molecule has 43 heavy (non-hydrogen) atoms. The van der Waals surface area contributed by atoms with Crippen molar-refractivity contribution in [2.24, 2.45) is 11.3 Å². The first kappa shape index (κ1) is 30.2. The average Bonchev–Trinajstić information content (AvgIpc) is 3.74. The summed E-state index contributed by atoms with van der Waals surface area (Å²) in [7, 11) is -1.26. The number of aromatic nitrogens is 2. The van der Waals surface area contributed by atoms with E-state index >= 15 is 0 Å². The molecule has 0 aliphatic heterocycles. The van der Waals surface area contributed by atoms with Gasteiger partial charge in [0.1, 0.15) is 11.5 Å². The zero-order valence-corrected chi connectivity index (χ0v) is 27.8. The molecule has 3 nitrogen and oxygen atoms in total. The largest absolute Gasteiger partial charge is 0.360 e. The summed E-state index contributed by atoms with van der Waals surface area (Å²) in [5.74, 6) is 3.28. The van der Waals surface area contributed by atoms with Crippen LogP contribution in [0, 0.1) is 18.3 Å². The Balaban J connectivity index is 1.25. The summed E-state index contributed by atoms with van der Waals surface area (Å²) in [6.45, 7) is 11.8. The SMILES string of the molecule is CCC1(CCS(c2ccccc2)(c2ccccc2)C(C)(C)C)CC(/C=C/c2c(-c3c(C)cncc3Cl)noc2C2CC2)C1. The molecule has 0 atom stereocenters. The van der Waals surface area contributed by atoms with Crippen LogP contribution in [-0.4, -0.2) is 20.6 Å². The summed E-state index contributed by atoms with van der Waals surface area (Å²) in [6, 6.07) is 22.7. The second kappa shape index (κ2) is 11.9. The van der Waals surface area contributed by atoms with E-state index in [0.29, 0.717) is 22.3 Å². The normalized spacial score (nSPS) is 21.2. The first-order chi connectivity index (χ1) is 20.7. The predicted molar refractivity (Wildman–Crippen MR) is 182 cm³/mol. The fraction of sp³-hybridized carbons (Fsp3) is 0.421. The van der Waals surface area contributed by atoms with Crippen LogP contribution in [0.1, 0.15) is 89.0 Å². The molecular weight excluding hydrogens is 568 g/mol. The molecule has 0 radical (unpaired) electrons. The van der Waals surface area contributed by atoms with E-state index in [1.165, 1.54) is 54.1 Å². The van der Waals surface area contributed by atoms with E-state index in [-0.39, 0.29) is 4.75 Å². The summed E-state index contributed by atoms with van der Waals surface area (Å²) in [4.78, 5) is 7.27. The molecule has 0 N–H and O–H groups in total. The summed E-state index contributed by atoms with van der Waals surface area (Å²) < 4.78 is 6.09. The van der Waals surface area contributed by atoms with Crippen LogP contribution in [-0.2, 0) is 0 Å². The highest BCUT2D eigenvalue weighted by Gasteiger charge is 2.46. The van der Waals surface area contributed by atoms with Crippen LogP contribution in [0.15, 0.2) is 93.4 Å². The Labute approximate surface area is 264 Å². The average molecular weight is 613 g/mol. The lowest BCUT2D eigenvalue weighted by molar-refractivity contribution is 0.0748. The molecule has 6 rings (SSSR count). The van der Waals surface area contributed by atoms with Gasteiger partial charge in [0.25, 0.3) is 0 Å².